The van der Waals surface area contributed by atoms with Crippen LogP contribution < -0.4 is 4.74 Å². The third-order valence-corrected chi connectivity index (χ3v) is 6.32. The summed E-state index contributed by atoms with van der Waals surface area (Å²) < 4.78 is 25.9. The first-order chi connectivity index (χ1) is 16.9. The Kier molecular flexibility index (Phi) is 7.63. The number of morpholine rings is 1. The van der Waals surface area contributed by atoms with E-state index in [1.54, 1.807) is 49.4 Å². The van der Waals surface area contributed by atoms with Crippen LogP contribution in [0.5, 0.6) is 5.75 Å². The Labute approximate surface area is 204 Å². The fourth-order valence-electron chi connectivity index (χ4n) is 4.50. The lowest BCUT2D eigenvalue weighted by Crippen LogP contribution is -2.42. The molecule has 2 aromatic rings. The Hall–Kier alpha value is -3.49. The van der Waals surface area contributed by atoms with Crippen LogP contribution in [0.1, 0.15) is 22.7 Å². The van der Waals surface area contributed by atoms with Gasteiger partial charge in [0.05, 0.1) is 24.8 Å². The van der Waals surface area contributed by atoms with Crippen LogP contribution >= 0.6 is 0 Å². The first-order valence-electron chi connectivity index (χ1n) is 11.6. The summed E-state index contributed by atoms with van der Waals surface area (Å²) in [7, 11) is 0. The number of aliphatic hydroxyl groups is 1. The molecule has 0 radical (unpaired) electrons. The maximum absolute atomic E-state index is 14.9. The van der Waals surface area contributed by atoms with Crippen LogP contribution in [0.25, 0.3) is 5.76 Å². The van der Waals surface area contributed by atoms with Gasteiger partial charge in [-0.2, -0.15) is 0 Å². The molecule has 35 heavy (non-hydrogen) atoms. The molecule has 2 aliphatic rings. The molecule has 8 heteroatoms. The summed E-state index contributed by atoms with van der Waals surface area (Å²) in [5.41, 5.74) is 1.07. The van der Waals surface area contributed by atoms with Crippen LogP contribution in [-0.2, 0) is 14.3 Å². The minimum Gasteiger partial charge on any atom is -0.507 e. The fourth-order valence-corrected chi connectivity index (χ4v) is 4.50. The minimum atomic E-state index is -1.03. The number of carbonyl (C=O) groups excluding carboxylic acids is 2. The molecule has 2 aromatic carbocycles. The van der Waals surface area contributed by atoms with Gasteiger partial charge in [-0.3, -0.25) is 14.5 Å². The highest BCUT2D eigenvalue weighted by Crippen LogP contribution is 2.40. The molecule has 0 spiro atoms. The Bertz CT molecular complexity index is 1160. The molecule has 0 aliphatic carbocycles. The van der Waals surface area contributed by atoms with Crippen molar-refractivity contribution in [1.29, 1.82) is 0 Å². The smallest absolute Gasteiger partial charge is 0.295 e. The van der Waals surface area contributed by atoms with Crippen molar-refractivity contribution in [3.8, 4) is 5.75 Å². The quantitative estimate of drug-likeness (QED) is 0.270. The van der Waals surface area contributed by atoms with Crippen LogP contribution in [0.2, 0.25) is 0 Å². The van der Waals surface area contributed by atoms with E-state index < -0.39 is 23.5 Å². The number of Topliss-reactive ketones (excluding diaryl/α,β-unsaturated/α-hetero) is 1. The highest BCUT2D eigenvalue weighted by molar-refractivity contribution is 6.46. The zero-order valence-corrected chi connectivity index (χ0v) is 19.7. The number of likely N-dealkylation sites (tertiary alicyclic amines) is 1. The van der Waals surface area contributed by atoms with E-state index in [1.165, 1.54) is 11.0 Å². The number of amides is 1. The first-order valence-corrected chi connectivity index (χ1v) is 11.6. The van der Waals surface area contributed by atoms with Gasteiger partial charge in [0.15, 0.2) is 0 Å². The molecule has 0 saturated carbocycles. The van der Waals surface area contributed by atoms with Crippen molar-refractivity contribution in [2.45, 2.75) is 13.0 Å². The van der Waals surface area contributed by atoms with E-state index in [2.05, 4.69) is 11.5 Å². The molecule has 0 unspecified atom stereocenters. The largest absolute Gasteiger partial charge is 0.507 e. The molecule has 2 saturated heterocycles. The van der Waals surface area contributed by atoms with Gasteiger partial charge < -0.3 is 19.5 Å². The maximum atomic E-state index is 14.9. The Morgan fingerprint density at radius 3 is 2.63 bits per heavy atom. The number of nitrogens with zero attached hydrogens (tertiary/aromatic N) is 2. The summed E-state index contributed by atoms with van der Waals surface area (Å²) in [4.78, 5) is 29.8. The summed E-state index contributed by atoms with van der Waals surface area (Å²) >= 11 is 0. The summed E-state index contributed by atoms with van der Waals surface area (Å²) in [6.07, 6.45) is 1.62. The van der Waals surface area contributed by atoms with Crippen molar-refractivity contribution >= 4 is 17.4 Å². The number of halogens is 1. The van der Waals surface area contributed by atoms with Crippen LogP contribution in [0.4, 0.5) is 4.39 Å². The van der Waals surface area contributed by atoms with Crippen LogP contribution in [0.3, 0.4) is 0 Å². The monoisotopic (exact) mass is 480 g/mol. The molecule has 1 atom stereocenters. The van der Waals surface area contributed by atoms with Crippen molar-refractivity contribution in [3.05, 3.63) is 83.2 Å². The van der Waals surface area contributed by atoms with Crippen molar-refractivity contribution in [3.63, 3.8) is 0 Å². The number of hydrogen-bond donors (Lipinski definition) is 1. The van der Waals surface area contributed by atoms with Crippen molar-refractivity contribution in [1.82, 2.24) is 9.80 Å². The number of aryl methyl sites for hydroxylation is 1. The summed E-state index contributed by atoms with van der Waals surface area (Å²) in [6, 6.07) is 10.0. The molecule has 2 aliphatic heterocycles. The van der Waals surface area contributed by atoms with E-state index in [0.29, 0.717) is 56.3 Å². The molecule has 0 aromatic heterocycles. The number of hydrogen-bond acceptors (Lipinski definition) is 6. The highest BCUT2D eigenvalue weighted by Gasteiger charge is 2.47. The van der Waals surface area contributed by atoms with E-state index in [4.69, 9.17) is 9.47 Å². The number of carbonyl (C=O) groups is 2. The lowest BCUT2D eigenvalue weighted by molar-refractivity contribution is -0.140. The van der Waals surface area contributed by atoms with Crippen molar-refractivity contribution < 1.29 is 28.6 Å². The van der Waals surface area contributed by atoms with E-state index in [0.717, 1.165) is 0 Å². The molecule has 1 amide bonds. The fraction of sp³-hybridized carbons (Fsp3) is 0.333. The van der Waals surface area contributed by atoms with Crippen LogP contribution in [0.15, 0.2) is 60.7 Å². The molecular formula is C27H29FN2O5. The Balaban J connectivity index is 1.74. The van der Waals surface area contributed by atoms with Gasteiger partial charge in [-0.1, -0.05) is 30.9 Å². The molecule has 1 N–H and O–H groups in total. The van der Waals surface area contributed by atoms with Gasteiger partial charge in [-0.15, -0.1) is 0 Å². The van der Waals surface area contributed by atoms with Gasteiger partial charge in [0.1, 0.15) is 23.9 Å². The lowest BCUT2D eigenvalue weighted by atomic mass is 9.93. The Morgan fingerprint density at radius 2 is 1.94 bits per heavy atom. The normalized spacial score (nSPS) is 20.3. The zero-order valence-electron chi connectivity index (χ0n) is 19.7. The van der Waals surface area contributed by atoms with Gasteiger partial charge in [0.25, 0.3) is 11.7 Å². The highest BCUT2D eigenvalue weighted by atomic mass is 19.1. The summed E-state index contributed by atoms with van der Waals surface area (Å²) in [5, 5.41) is 11.3. The van der Waals surface area contributed by atoms with Gasteiger partial charge in [0, 0.05) is 37.3 Å². The van der Waals surface area contributed by atoms with Crippen LogP contribution in [0, 0.1) is 12.7 Å². The molecule has 0 bridgehead atoms. The van der Waals surface area contributed by atoms with E-state index in [-0.39, 0.29) is 23.4 Å². The van der Waals surface area contributed by atoms with Gasteiger partial charge >= 0.3 is 0 Å². The second-order valence-electron chi connectivity index (χ2n) is 8.54. The van der Waals surface area contributed by atoms with Crippen molar-refractivity contribution in [2.24, 2.45) is 0 Å². The number of rotatable bonds is 8. The summed E-state index contributed by atoms with van der Waals surface area (Å²) in [5.74, 6) is -1.89. The predicted molar refractivity (Wildman–Crippen MR) is 130 cm³/mol. The maximum Gasteiger partial charge on any atom is 0.295 e. The van der Waals surface area contributed by atoms with E-state index in [1.807, 2.05) is 0 Å². The molecule has 4 rings (SSSR count). The molecule has 2 heterocycles. The van der Waals surface area contributed by atoms with Crippen molar-refractivity contribution in [2.75, 3.05) is 46.0 Å². The third kappa shape index (κ3) is 5.13. The lowest BCUT2D eigenvalue weighted by Gasteiger charge is -2.31. The molecule has 2 fully saturated rings. The van der Waals surface area contributed by atoms with Gasteiger partial charge in [0.2, 0.25) is 0 Å². The van der Waals surface area contributed by atoms with E-state index in [9.17, 15) is 19.1 Å². The summed E-state index contributed by atoms with van der Waals surface area (Å²) in [6.45, 7) is 9.07. The average Bonchev–Trinajstić information content (AvgIpc) is 3.11. The number of benzene rings is 2. The molecular weight excluding hydrogens is 451 g/mol. The standard InChI is InChI=1S/C27H29FN2O5/c1-3-14-35-19-8-9-20(18(2)17-19)25(31)23-24(21-6-4-5-7-22(21)28)30(27(33)26(23)32)11-10-29-12-15-34-16-13-29/h3-9,17,24,31H,1,10-16H2,2H3/t24-/m0/s1. The third-order valence-electron chi connectivity index (χ3n) is 6.32. The first kappa shape index (κ1) is 24.6. The number of ether oxygens (including phenoxy) is 2. The second kappa shape index (κ2) is 10.8. The van der Waals surface area contributed by atoms with Crippen LogP contribution in [-0.4, -0.2) is 72.6 Å². The molecule has 7 nitrogen and oxygen atoms in total. The van der Waals surface area contributed by atoms with Gasteiger partial charge in [-0.05, 0) is 36.8 Å². The van der Waals surface area contributed by atoms with E-state index >= 15 is 0 Å². The topological polar surface area (TPSA) is 79.3 Å². The average molecular weight is 481 g/mol. The number of ketones is 1. The zero-order chi connectivity index (χ0) is 24.9. The molecule has 184 valence electrons. The number of aliphatic hydroxyl groups excluding tert-OH is 1. The SMILES string of the molecule is C=CCOc1ccc(C(O)=C2C(=O)C(=O)N(CCN3CCOCC3)[C@H]2c2ccccc2F)c(C)c1. The Morgan fingerprint density at radius 1 is 1.20 bits per heavy atom. The second-order valence-corrected chi connectivity index (χ2v) is 8.54. The predicted octanol–water partition coefficient (Wildman–Crippen LogP) is 3.45. The minimum absolute atomic E-state index is 0.120. The van der Waals surface area contributed by atoms with Gasteiger partial charge in [-0.25, -0.2) is 4.39 Å².